The maximum absolute atomic E-state index is 13.8. The summed E-state index contributed by atoms with van der Waals surface area (Å²) in [6, 6.07) is 8.11. The van der Waals surface area contributed by atoms with Crippen LogP contribution < -0.4 is 4.74 Å². The number of halogens is 5. The number of alkyl halides is 3. The Morgan fingerprint density at radius 3 is 2.31 bits per heavy atom. The van der Waals surface area contributed by atoms with Gasteiger partial charge in [-0.3, -0.25) is 9.59 Å². The first-order valence-electron chi connectivity index (χ1n) is 13.1. The molecule has 4 rings (SSSR count). The van der Waals surface area contributed by atoms with Crippen molar-refractivity contribution in [2.24, 2.45) is 11.8 Å². The molecule has 2 aliphatic rings. The molecule has 5 nitrogen and oxygen atoms in total. The number of hydrogen-bond acceptors (Lipinski definition) is 3. The molecule has 10 heteroatoms. The molecule has 2 fully saturated rings. The summed E-state index contributed by atoms with van der Waals surface area (Å²) in [5, 5.41) is -0.180. The highest BCUT2D eigenvalue weighted by Crippen LogP contribution is 2.41. The average molecular weight is 569 g/mol. The van der Waals surface area contributed by atoms with Gasteiger partial charge in [0.1, 0.15) is 11.6 Å². The van der Waals surface area contributed by atoms with Crippen LogP contribution in [-0.4, -0.2) is 61.1 Å². The van der Waals surface area contributed by atoms with Crippen molar-refractivity contribution in [1.82, 2.24) is 9.80 Å². The van der Waals surface area contributed by atoms with Crippen LogP contribution >= 0.6 is 11.6 Å². The van der Waals surface area contributed by atoms with E-state index in [1.54, 1.807) is 20.2 Å². The molecule has 39 heavy (non-hydrogen) atoms. The number of aryl methyl sites for hydroxylation is 1. The quantitative estimate of drug-likeness (QED) is 0.353. The van der Waals surface area contributed by atoms with Crippen LogP contribution in [0.15, 0.2) is 36.4 Å². The average Bonchev–Trinajstić information content (AvgIpc) is 2.81. The topological polar surface area (TPSA) is 49.9 Å². The minimum Gasteiger partial charge on any atom is -0.490 e. The lowest BCUT2D eigenvalue weighted by molar-refractivity contribution is -0.173. The Morgan fingerprint density at radius 2 is 1.74 bits per heavy atom. The van der Waals surface area contributed by atoms with Crippen LogP contribution in [0.2, 0.25) is 5.02 Å². The number of ether oxygens (including phenoxy) is 1. The molecule has 1 saturated carbocycles. The fraction of sp³-hybridized carbons (Fsp3) is 0.517. The molecule has 0 aromatic heterocycles. The van der Waals surface area contributed by atoms with Gasteiger partial charge in [0.2, 0.25) is 5.91 Å². The van der Waals surface area contributed by atoms with E-state index in [0.717, 1.165) is 48.8 Å². The van der Waals surface area contributed by atoms with Gasteiger partial charge in [-0.1, -0.05) is 11.6 Å². The fourth-order valence-corrected chi connectivity index (χ4v) is 5.83. The number of amides is 2. The smallest absolute Gasteiger partial charge is 0.404 e. The number of hydrogen-bond donors (Lipinski definition) is 0. The molecule has 2 aromatic rings. The summed E-state index contributed by atoms with van der Waals surface area (Å²) in [5.74, 6) is -2.94. The van der Waals surface area contributed by atoms with Crippen molar-refractivity contribution in [2.45, 2.75) is 57.2 Å². The van der Waals surface area contributed by atoms with E-state index >= 15 is 0 Å². The maximum atomic E-state index is 13.8. The summed E-state index contributed by atoms with van der Waals surface area (Å²) in [6.07, 6.45) is -0.769. The summed E-state index contributed by atoms with van der Waals surface area (Å²) >= 11 is 5.76. The highest BCUT2D eigenvalue weighted by molar-refractivity contribution is 6.30. The van der Waals surface area contributed by atoms with Gasteiger partial charge in [-0.05, 0) is 98.4 Å². The zero-order valence-corrected chi connectivity index (χ0v) is 23.0. The van der Waals surface area contributed by atoms with E-state index in [9.17, 15) is 27.2 Å². The first-order valence-corrected chi connectivity index (χ1v) is 13.5. The Labute approximate surface area is 231 Å². The van der Waals surface area contributed by atoms with Gasteiger partial charge >= 0.3 is 6.18 Å². The molecular formula is C29H33ClF4N2O3. The van der Waals surface area contributed by atoms with Crippen LogP contribution in [0.25, 0.3) is 0 Å². The molecule has 0 radical (unpaired) electrons. The summed E-state index contributed by atoms with van der Waals surface area (Å²) in [5.41, 5.74) is 1.02. The summed E-state index contributed by atoms with van der Waals surface area (Å²) in [7, 11) is 3.43. The summed E-state index contributed by atoms with van der Waals surface area (Å²) < 4.78 is 61.3. The third-order valence-corrected chi connectivity index (χ3v) is 7.93. The monoisotopic (exact) mass is 568 g/mol. The van der Waals surface area contributed by atoms with E-state index in [2.05, 4.69) is 0 Å². The Balaban J connectivity index is 1.25. The normalized spacial score (nSPS) is 20.8. The van der Waals surface area contributed by atoms with Crippen molar-refractivity contribution >= 4 is 23.4 Å². The Bertz CT molecular complexity index is 1190. The Kier molecular flexibility index (Phi) is 8.78. The molecular weight excluding hydrogens is 536 g/mol. The molecule has 0 bridgehead atoms. The third kappa shape index (κ3) is 7.04. The van der Waals surface area contributed by atoms with Gasteiger partial charge in [0, 0.05) is 37.8 Å². The van der Waals surface area contributed by atoms with E-state index in [-0.39, 0.29) is 30.1 Å². The lowest BCUT2D eigenvalue weighted by atomic mass is 9.74. The molecule has 2 aromatic carbocycles. The lowest BCUT2D eigenvalue weighted by Gasteiger charge is -2.40. The molecule has 0 N–H and O–H groups in total. The SMILES string of the molecule is Cc1cc(OC2CC(CC3CCN(C(=O)C(c4cc(F)cc(Cl)c4)C(F)(F)F)CC3)C2)ccc1C(=O)N(C)C. The lowest BCUT2D eigenvalue weighted by Crippen LogP contribution is -2.45. The zero-order chi connectivity index (χ0) is 28.5. The summed E-state index contributed by atoms with van der Waals surface area (Å²) in [4.78, 5) is 27.9. The predicted molar refractivity (Wildman–Crippen MR) is 140 cm³/mol. The molecule has 2 amide bonds. The van der Waals surface area contributed by atoms with E-state index < -0.39 is 29.4 Å². The molecule has 0 spiro atoms. The summed E-state index contributed by atoms with van der Waals surface area (Å²) in [6.45, 7) is 2.36. The number of nitrogens with zero attached hydrogens (tertiary/aromatic N) is 2. The van der Waals surface area contributed by atoms with Gasteiger partial charge in [-0.15, -0.1) is 0 Å². The van der Waals surface area contributed by atoms with Crippen molar-refractivity contribution in [2.75, 3.05) is 27.2 Å². The van der Waals surface area contributed by atoms with Crippen molar-refractivity contribution in [3.05, 3.63) is 63.9 Å². The number of rotatable bonds is 7. The van der Waals surface area contributed by atoms with Crippen LogP contribution in [0.5, 0.6) is 5.75 Å². The predicted octanol–water partition coefficient (Wildman–Crippen LogP) is 6.62. The van der Waals surface area contributed by atoms with Crippen LogP contribution in [0.1, 0.15) is 59.5 Å². The molecule has 1 atom stereocenters. The maximum Gasteiger partial charge on any atom is 0.404 e. The van der Waals surface area contributed by atoms with E-state index in [0.29, 0.717) is 30.2 Å². The molecule has 1 unspecified atom stereocenters. The largest absolute Gasteiger partial charge is 0.490 e. The van der Waals surface area contributed by atoms with Crippen LogP contribution in [-0.2, 0) is 4.79 Å². The van der Waals surface area contributed by atoms with Crippen molar-refractivity contribution in [1.29, 1.82) is 0 Å². The van der Waals surface area contributed by atoms with Crippen molar-refractivity contribution in [3.63, 3.8) is 0 Å². The minimum atomic E-state index is -4.85. The highest BCUT2D eigenvalue weighted by Gasteiger charge is 2.48. The van der Waals surface area contributed by atoms with Crippen LogP contribution in [0, 0.1) is 24.6 Å². The first kappa shape index (κ1) is 29.2. The van der Waals surface area contributed by atoms with Crippen molar-refractivity contribution < 1.29 is 31.9 Å². The molecule has 1 heterocycles. The Morgan fingerprint density at radius 1 is 1.08 bits per heavy atom. The van der Waals surface area contributed by atoms with Crippen LogP contribution in [0.4, 0.5) is 17.6 Å². The Hall–Kier alpha value is -2.81. The second kappa shape index (κ2) is 11.7. The molecule has 212 valence electrons. The van der Waals surface area contributed by atoms with Gasteiger partial charge in [-0.2, -0.15) is 13.2 Å². The minimum absolute atomic E-state index is 0.0530. The number of likely N-dealkylation sites (tertiary alicyclic amines) is 1. The number of carbonyl (C=O) groups excluding carboxylic acids is 2. The van der Waals surface area contributed by atoms with E-state index in [4.69, 9.17) is 16.3 Å². The fourth-order valence-electron chi connectivity index (χ4n) is 5.60. The van der Waals surface area contributed by atoms with Gasteiger partial charge in [0.25, 0.3) is 5.91 Å². The second-order valence-electron chi connectivity index (χ2n) is 10.9. The standard InChI is InChI=1S/C29H33ClF4N2O3/c1-17-10-23(4-5-25(17)27(37)35(2)3)39-24-12-19(13-24)11-18-6-8-36(9-7-18)28(38)26(29(32,33)34)20-14-21(30)16-22(31)15-20/h4-5,10,14-16,18-19,24,26H,6-9,11-13H2,1-3H3. The van der Waals surface area contributed by atoms with Crippen molar-refractivity contribution in [3.8, 4) is 5.75 Å². The molecule has 1 aliphatic heterocycles. The van der Waals surface area contributed by atoms with Gasteiger partial charge in [0.05, 0.1) is 6.10 Å². The van der Waals surface area contributed by atoms with Crippen LogP contribution in [0.3, 0.4) is 0 Å². The number of carbonyl (C=O) groups is 2. The number of benzene rings is 2. The first-order chi connectivity index (χ1) is 18.3. The van der Waals surface area contributed by atoms with E-state index in [1.807, 2.05) is 19.1 Å². The zero-order valence-electron chi connectivity index (χ0n) is 22.2. The second-order valence-corrected chi connectivity index (χ2v) is 11.4. The van der Waals surface area contributed by atoms with Gasteiger partial charge in [-0.25, -0.2) is 4.39 Å². The molecule has 1 aliphatic carbocycles. The highest BCUT2D eigenvalue weighted by atomic mass is 35.5. The number of piperidine rings is 1. The molecule has 1 saturated heterocycles. The van der Waals surface area contributed by atoms with E-state index in [1.165, 1.54) is 9.80 Å². The van der Waals surface area contributed by atoms with Gasteiger partial charge in [0.15, 0.2) is 5.92 Å². The third-order valence-electron chi connectivity index (χ3n) is 7.72. The van der Waals surface area contributed by atoms with Gasteiger partial charge < -0.3 is 14.5 Å².